The Kier molecular flexibility index (Phi) is 5.25. The highest BCUT2D eigenvalue weighted by Crippen LogP contribution is 2.32. The van der Waals surface area contributed by atoms with Gasteiger partial charge >= 0.3 is 0 Å². The van der Waals surface area contributed by atoms with E-state index in [0.29, 0.717) is 13.0 Å². The van der Waals surface area contributed by atoms with Gasteiger partial charge in [0.2, 0.25) is 11.8 Å². The summed E-state index contributed by atoms with van der Waals surface area (Å²) in [5.74, 6) is 0.0993. The molecule has 1 N–H and O–H groups in total. The molecular weight excluding hydrogens is 268 g/mol. The molecule has 2 heterocycles. The molecule has 120 valence electrons. The van der Waals surface area contributed by atoms with Crippen molar-refractivity contribution in [2.45, 2.75) is 65.0 Å². The van der Waals surface area contributed by atoms with E-state index in [4.69, 9.17) is 4.74 Å². The summed E-state index contributed by atoms with van der Waals surface area (Å²) in [7, 11) is 0. The van der Waals surface area contributed by atoms with Gasteiger partial charge in [-0.25, -0.2) is 0 Å². The predicted molar refractivity (Wildman–Crippen MR) is 80.8 cm³/mol. The fourth-order valence-electron chi connectivity index (χ4n) is 3.34. The van der Waals surface area contributed by atoms with Crippen LogP contribution >= 0.6 is 0 Å². The number of ether oxygens (including phenoxy) is 1. The zero-order valence-electron chi connectivity index (χ0n) is 13.5. The summed E-state index contributed by atoms with van der Waals surface area (Å²) in [6, 6.07) is -0.654. The fourth-order valence-corrected chi connectivity index (χ4v) is 3.34. The first-order valence-electron chi connectivity index (χ1n) is 8.19. The molecule has 2 fully saturated rings. The van der Waals surface area contributed by atoms with Gasteiger partial charge in [0, 0.05) is 19.8 Å². The number of hydrogen-bond donors (Lipinski definition) is 1. The first-order valence-corrected chi connectivity index (χ1v) is 8.19. The van der Waals surface area contributed by atoms with Crippen LogP contribution in [0.4, 0.5) is 0 Å². The van der Waals surface area contributed by atoms with Gasteiger partial charge in [0.05, 0.1) is 0 Å². The Labute approximate surface area is 127 Å². The van der Waals surface area contributed by atoms with E-state index in [1.165, 1.54) is 0 Å². The number of hydrogen-bond acceptors (Lipinski definition) is 3. The van der Waals surface area contributed by atoms with Gasteiger partial charge in [-0.05, 0) is 31.1 Å². The molecule has 5 nitrogen and oxygen atoms in total. The van der Waals surface area contributed by atoms with Gasteiger partial charge in [0.15, 0.2) is 0 Å². The zero-order valence-corrected chi connectivity index (χ0v) is 13.5. The highest BCUT2D eigenvalue weighted by Gasteiger charge is 2.42. The minimum Gasteiger partial charge on any atom is -0.381 e. The molecule has 0 aromatic rings. The summed E-state index contributed by atoms with van der Waals surface area (Å²) >= 11 is 0. The lowest BCUT2D eigenvalue weighted by Crippen LogP contribution is -2.64. The lowest BCUT2D eigenvalue weighted by atomic mass is 9.81. The van der Waals surface area contributed by atoms with Crippen LogP contribution in [0.1, 0.15) is 52.9 Å². The van der Waals surface area contributed by atoms with Gasteiger partial charge in [-0.15, -0.1) is 0 Å². The van der Waals surface area contributed by atoms with Crippen molar-refractivity contribution < 1.29 is 14.3 Å². The van der Waals surface area contributed by atoms with Crippen LogP contribution in [0.15, 0.2) is 0 Å². The highest BCUT2D eigenvalue weighted by molar-refractivity contribution is 5.96. The van der Waals surface area contributed by atoms with Crippen LogP contribution in [0.3, 0.4) is 0 Å². The Morgan fingerprint density at radius 1 is 1.29 bits per heavy atom. The number of carbonyl (C=O) groups is 2. The van der Waals surface area contributed by atoms with Crippen LogP contribution in [-0.4, -0.2) is 48.6 Å². The second-order valence-electron chi connectivity index (χ2n) is 6.66. The normalized spacial score (nSPS) is 29.4. The fraction of sp³-hybridized carbons (Fsp3) is 0.875. The number of carbonyl (C=O) groups excluding carboxylic acids is 2. The Balaban J connectivity index is 2.14. The molecule has 0 spiro atoms. The van der Waals surface area contributed by atoms with Crippen molar-refractivity contribution in [3.63, 3.8) is 0 Å². The Bertz CT molecular complexity index is 391. The van der Waals surface area contributed by atoms with Gasteiger partial charge in [0.1, 0.15) is 12.1 Å². The van der Waals surface area contributed by atoms with E-state index in [9.17, 15) is 9.59 Å². The summed E-state index contributed by atoms with van der Waals surface area (Å²) < 4.78 is 5.43. The first-order chi connectivity index (χ1) is 10.0. The summed E-state index contributed by atoms with van der Waals surface area (Å²) in [4.78, 5) is 26.8. The van der Waals surface area contributed by atoms with E-state index in [0.717, 1.165) is 38.9 Å². The SMILES string of the molecule is CCCC1NC(=O)C(CC)N(CC2(C)CCOCC2)C1=O. The molecule has 0 aromatic heterocycles. The minimum absolute atomic E-state index is 0.00575. The summed E-state index contributed by atoms with van der Waals surface area (Å²) in [6.45, 7) is 8.38. The van der Waals surface area contributed by atoms with Gasteiger partial charge in [-0.3, -0.25) is 9.59 Å². The first kappa shape index (κ1) is 16.3. The maximum Gasteiger partial charge on any atom is 0.245 e. The molecule has 2 saturated heterocycles. The number of nitrogens with zero attached hydrogens (tertiary/aromatic N) is 1. The second-order valence-corrected chi connectivity index (χ2v) is 6.66. The maximum atomic E-state index is 12.7. The number of amides is 2. The van der Waals surface area contributed by atoms with Crippen LogP contribution in [-0.2, 0) is 14.3 Å². The Morgan fingerprint density at radius 3 is 2.52 bits per heavy atom. The molecule has 2 rings (SSSR count). The Morgan fingerprint density at radius 2 is 1.95 bits per heavy atom. The molecule has 2 atom stereocenters. The van der Waals surface area contributed by atoms with E-state index in [1.807, 2.05) is 18.7 Å². The van der Waals surface area contributed by atoms with Crippen molar-refractivity contribution in [3.05, 3.63) is 0 Å². The number of rotatable bonds is 5. The molecule has 0 bridgehead atoms. The molecule has 2 amide bonds. The lowest BCUT2D eigenvalue weighted by Gasteiger charge is -2.44. The van der Waals surface area contributed by atoms with Crippen LogP contribution < -0.4 is 5.32 Å². The topological polar surface area (TPSA) is 58.6 Å². The van der Waals surface area contributed by atoms with E-state index in [2.05, 4.69) is 12.2 Å². The largest absolute Gasteiger partial charge is 0.381 e. The monoisotopic (exact) mass is 296 g/mol. The average Bonchev–Trinajstić information content (AvgIpc) is 2.45. The van der Waals surface area contributed by atoms with Gasteiger partial charge in [-0.2, -0.15) is 0 Å². The lowest BCUT2D eigenvalue weighted by molar-refractivity contribution is -0.152. The third-order valence-electron chi connectivity index (χ3n) is 4.79. The van der Waals surface area contributed by atoms with Crippen molar-refractivity contribution in [1.82, 2.24) is 10.2 Å². The van der Waals surface area contributed by atoms with Gasteiger partial charge in [0.25, 0.3) is 0 Å². The predicted octanol–water partition coefficient (Wildman–Crippen LogP) is 1.71. The summed E-state index contributed by atoms with van der Waals surface area (Å²) in [6.07, 6.45) is 4.19. The zero-order chi connectivity index (χ0) is 15.5. The molecule has 0 aliphatic carbocycles. The molecule has 2 unspecified atom stereocenters. The standard InChI is InChI=1S/C16H28N2O3/c1-4-6-12-15(20)18(13(5-2)14(19)17-12)11-16(3)7-9-21-10-8-16/h12-13H,4-11H2,1-3H3,(H,17,19). The Hall–Kier alpha value is -1.10. The molecule has 0 radical (unpaired) electrons. The average molecular weight is 296 g/mol. The molecule has 0 saturated carbocycles. The molecule has 0 aromatic carbocycles. The second kappa shape index (κ2) is 6.77. The smallest absolute Gasteiger partial charge is 0.245 e. The van der Waals surface area contributed by atoms with Crippen molar-refractivity contribution in [1.29, 1.82) is 0 Å². The van der Waals surface area contributed by atoms with Crippen LogP contribution in [0.2, 0.25) is 0 Å². The van der Waals surface area contributed by atoms with E-state index < -0.39 is 0 Å². The van der Waals surface area contributed by atoms with Gasteiger partial charge in [-0.1, -0.05) is 27.2 Å². The molecule has 21 heavy (non-hydrogen) atoms. The van der Waals surface area contributed by atoms with Crippen LogP contribution in [0.5, 0.6) is 0 Å². The van der Waals surface area contributed by atoms with E-state index >= 15 is 0 Å². The van der Waals surface area contributed by atoms with E-state index in [1.54, 1.807) is 0 Å². The van der Waals surface area contributed by atoms with E-state index in [-0.39, 0.29) is 29.3 Å². The van der Waals surface area contributed by atoms with Crippen molar-refractivity contribution in [2.24, 2.45) is 5.41 Å². The maximum absolute atomic E-state index is 12.7. The molecule has 5 heteroatoms. The molecule has 2 aliphatic heterocycles. The third kappa shape index (κ3) is 3.57. The van der Waals surface area contributed by atoms with Crippen molar-refractivity contribution in [3.8, 4) is 0 Å². The van der Waals surface area contributed by atoms with Crippen molar-refractivity contribution in [2.75, 3.05) is 19.8 Å². The van der Waals surface area contributed by atoms with Gasteiger partial charge < -0.3 is 15.0 Å². The van der Waals surface area contributed by atoms with Crippen molar-refractivity contribution >= 4 is 11.8 Å². The minimum atomic E-state index is -0.339. The molecule has 2 aliphatic rings. The molecular formula is C16H28N2O3. The number of piperazine rings is 1. The highest BCUT2D eigenvalue weighted by atomic mass is 16.5. The van der Waals surface area contributed by atoms with Crippen LogP contribution in [0, 0.1) is 5.41 Å². The summed E-state index contributed by atoms with van der Waals surface area (Å²) in [5, 5.41) is 2.89. The summed E-state index contributed by atoms with van der Waals surface area (Å²) in [5.41, 5.74) is 0.0652. The quantitative estimate of drug-likeness (QED) is 0.840. The number of nitrogens with one attached hydrogen (secondary N) is 1. The van der Waals surface area contributed by atoms with Crippen LogP contribution in [0.25, 0.3) is 0 Å². The third-order valence-corrected chi connectivity index (χ3v) is 4.79.